The predicted octanol–water partition coefficient (Wildman–Crippen LogP) is 1.77. The molecule has 0 radical (unpaired) electrons. The van der Waals surface area contributed by atoms with Crippen molar-refractivity contribution in [2.45, 2.75) is 19.8 Å². The number of pyridine rings is 1. The third-order valence-electron chi connectivity index (χ3n) is 1.94. The average molecular weight is 243 g/mol. The molecular formula is C11H11F2NO3. The van der Waals surface area contributed by atoms with Gasteiger partial charge in [-0.3, -0.25) is 4.79 Å². The molecule has 0 N–H and O–H groups in total. The number of aryl methyl sites for hydroxylation is 1. The Hall–Kier alpha value is -1.85. The number of Topliss-reactive ketones (excluding diaryl/α,β-unsaturated/α-hetero) is 1. The third-order valence-corrected chi connectivity index (χ3v) is 1.94. The molecule has 92 valence electrons. The molecular weight excluding hydrogens is 232 g/mol. The van der Waals surface area contributed by atoms with Gasteiger partial charge in [-0.05, 0) is 26.0 Å². The maximum atomic E-state index is 13.4. The molecule has 4 nitrogen and oxygen atoms in total. The standard InChI is InChI=1S/C11H11F2NO3/c1-3-17-10(16)11(12,13)9(15)8-6-4-5-7(2)14-8/h4-6H,3H2,1-2H3. The summed E-state index contributed by atoms with van der Waals surface area (Å²) in [7, 11) is 0. The first-order valence-electron chi connectivity index (χ1n) is 4.93. The van der Waals surface area contributed by atoms with Crippen LogP contribution in [0.1, 0.15) is 23.1 Å². The van der Waals surface area contributed by atoms with E-state index in [9.17, 15) is 18.4 Å². The summed E-state index contributed by atoms with van der Waals surface area (Å²) in [6, 6.07) is 4.10. The summed E-state index contributed by atoms with van der Waals surface area (Å²) in [6.07, 6.45) is 0. The normalized spacial score (nSPS) is 11.1. The second kappa shape index (κ2) is 4.99. The van der Waals surface area contributed by atoms with E-state index in [1.807, 2.05) is 0 Å². The molecule has 1 aromatic rings. The molecule has 0 atom stereocenters. The number of alkyl halides is 2. The lowest BCUT2D eigenvalue weighted by Gasteiger charge is -2.12. The number of halogens is 2. The van der Waals surface area contributed by atoms with Crippen molar-refractivity contribution < 1.29 is 23.1 Å². The summed E-state index contributed by atoms with van der Waals surface area (Å²) in [5.74, 6) is -7.70. The van der Waals surface area contributed by atoms with Gasteiger partial charge in [0.15, 0.2) is 0 Å². The fourth-order valence-electron chi connectivity index (χ4n) is 1.14. The van der Waals surface area contributed by atoms with Crippen molar-refractivity contribution in [3.05, 3.63) is 29.6 Å². The highest BCUT2D eigenvalue weighted by molar-refractivity contribution is 6.12. The van der Waals surface area contributed by atoms with Crippen LogP contribution in [0.2, 0.25) is 0 Å². The van der Waals surface area contributed by atoms with E-state index in [4.69, 9.17) is 0 Å². The Bertz CT molecular complexity index is 446. The van der Waals surface area contributed by atoms with Crippen molar-refractivity contribution in [2.75, 3.05) is 6.61 Å². The predicted molar refractivity (Wildman–Crippen MR) is 54.9 cm³/mol. The van der Waals surface area contributed by atoms with Crippen LogP contribution < -0.4 is 0 Å². The van der Waals surface area contributed by atoms with E-state index >= 15 is 0 Å². The molecule has 1 heterocycles. The molecule has 0 unspecified atom stereocenters. The number of rotatable bonds is 4. The van der Waals surface area contributed by atoms with E-state index in [-0.39, 0.29) is 6.61 Å². The number of aromatic nitrogens is 1. The zero-order valence-corrected chi connectivity index (χ0v) is 9.37. The van der Waals surface area contributed by atoms with E-state index in [1.165, 1.54) is 13.0 Å². The smallest absolute Gasteiger partial charge is 0.405 e. The Labute approximate surface area is 96.6 Å². The average Bonchev–Trinajstić information content (AvgIpc) is 2.28. The first-order valence-corrected chi connectivity index (χ1v) is 4.93. The molecule has 0 aliphatic heterocycles. The first-order chi connectivity index (χ1) is 7.89. The van der Waals surface area contributed by atoms with Crippen LogP contribution in [-0.2, 0) is 9.53 Å². The minimum absolute atomic E-state index is 0.219. The topological polar surface area (TPSA) is 56.3 Å². The highest BCUT2D eigenvalue weighted by Crippen LogP contribution is 2.21. The lowest BCUT2D eigenvalue weighted by atomic mass is 10.1. The molecule has 17 heavy (non-hydrogen) atoms. The quantitative estimate of drug-likeness (QED) is 0.459. The van der Waals surface area contributed by atoms with Gasteiger partial charge < -0.3 is 4.74 Å². The van der Waals surface area contributed by atoms with Gasteiger partial charge >= 0.3 is 11.9 Å². The van der Waals surface area contributed by atoms with Gasteiger partial charge in [0.05, 0.1) is 6.61 Å². The summed E-state index contributed by atoms with van der Waals surface area (Å²) < 4.78 is 30.8. The maximum absolute atomic E-state index is 13.4. The number of hydrogen-bond acceptors (Lipinski definition) is 4. The number of carbonyl (C=O) groups excluding carboxylic acids is 2. The van der Waals surface area contributed by atoms with Crippen LogP contribution in [0.15, 0.2) is 18.2 Å². The first kappa shape index (κ1) is 13.2. The van der Waals surface area contributed by atoms with Gasteiger partial charge in [0.2, 0.25) is 0 Å². The Morgan fingerprint density at radius 1 is 1.41 bits per heavy atom. The van der Waals surface area contributed by atoms with Crippen LogP contribution in [0.5, 0.6) is 0 Å². The Morgan fingerprint density at radius 3 is 2.59 bits per heavy atom. The second-order valence-corrected chi connectivity index (χ2v) is 3.29. The van der Waals surface area contributed by atoms with Gasteiger partial charge in [-0.25, -0.2) is 9.78 Å². The number of ether oxygens (including phenoxy) is 1. The molecule has 0 spiro atoms. The fourth-order valence-corrected chi connectivity index (χ4v) is 1.14. The van der Waals surface area contributed by atoms with Crippen LogP contribution in [0.25, 0.3) is 0 Å². The molecule has 0 saturated heterocycles. The van der Waals surface area contributed by atoms with Crippen molar-refractivity contribution in [1.29, 1.82) is 0 Å². The van der Waals surface area contributed by atoms with Crippen molar-refractivity contribution >= 4 is 11.8 Å². The largest absolute Gasteiger partial charge is 0.461 e. The molecule has 0 amide bonds. The van der Waals surface area contributed by atoms with Crippen molar-refractivity contribution in [3.8, 4) is 0 Å². The summed E-state index contributed by atoms with van der Waals surface area (Å²) in [5.41, 5.74) is -0.0430. The summed E-state index contributed by atoms with van der Waals surface area (Å²) in [4.78, 5) is 26.0. The van der Waals surface area contributed by atoms with Crippen LogP contribution in [0, 0.1) is 6.92 Å². The van der Waals surface area contributed by atoms with E-state index in [0.29, 0.717) is 5.69 Å². The van der Waals surface area contributed by atoms with Crippen LogP contribution in [-0.4, -0.2) is 29.3 Å². The molecule has 0 aromatic carbocycles. The maximum Gasteiger partial charge on any atom is 0.405 e. The zero-order valence-electron chi connectivity index (χ0n) is 9.37. The lowest BCUT2D eigenvalue weighted by molar-refractivity contribution is -0.164. The highest BCUT2D eigenvalue weighted by Gasteiger charge is 2.49. The second-order valence-electron chi connectivity index (χ2n) is 3.29. The molecule has 0 bridgehead atoms. The van der Waals surface area contributed by atoms with Gasteiger partial charge in [0, 0.05) is 5.69 Å². The Morgan fingerprint density at radius 2 is 2.06 bits per heavy atom. The van der Waals surface area contributed by atoms with Gasteiger partial charge in [-0.15, -0.1) is 0 Å². The summed E-state index contributed by atoms with van der Waals surface area (Å²) >= 11 is 0. The fraction of sp³-hybridized carbons (Fsp3) is 0.364. The minimum Gasteiger partial charge on any atom is -0.461 e. The third kappa shape index (κ3) is 2.83. The van der Waals surface area contributed by atoms with Gasteiger partial charge in [0.1, 0.15) is 5.69 Å². The van der Waals surface area contributed by atoms with Gasteiger partial charge in [-0.1, -0.05) is 6.07 Å². The SMILES string of the molecule is CCOC(=O)C(F)(F)C(=O)c1cccc(C)n1. The molecule has 6 heteroatoms. The van der Waals surface area contributed by atoms with Crippen molar-refractivity contribution in [3.63, 3.8) is 0 Å². The minimum atomic E-state index is -4.20. The van der Waals surface area contributed by atoms with Crippen LogP contribution in [0.3, 0.4) is 0 Å². The molecule has 1 aromatic heterocycles. The number of ketones is 1. The molecule has 1 rings (SSSR count). The van der Waals surface area contributed by atoms with E-state index in [0.717, 1.165) is 6.07 Å². The molecule has 0 aliphatic carbocycles. The van der Waals surface area contributed by atoms with Gasteiger partial charge in [0.25, 0.3) is 5.78 Å². The number of nitrogens with zero attached hydrogens (tertiary/aromatic N) is 1. The van der Waals surface area contributed by atoms with E-state index < -0.39 is 23.4 Å². The van der Waals surface area contributed by atoms with E-state index in [1.54, 1.807) is 13.0 Å². The van der Waals surface area contributed by atoms with E-state index in [2.05, 4.69) is 9.72 Å². The summed E-state index contributed by atoms with van der Waals surface area (Å²) in [5, 5.41) is 0. The Balaban J connectivity index is 3.00. The molecule has 0 saturated carbocycles. The van der Waals surface area contributed by atoms with Crippen LogP contribution >= 0.6 is 0 Å². The summed E-state index contributed by atoms with van der Waals surface area (Å²) in [6.45, 7) is 2.71. The number of carbonyl (C=O) groups is 2. The molecule has 0 aliphatic rings. The van der Waals surface area contributed by atoms with Crippen LogP contribution in [0.4, 0.5) is 8.78 Å². The highest BCUT2D eigenvalue weighted by atomic mass is 19.3. The number of hydrogen-bond donors (Lipinski definition) is 0. The van der Waals surface area contributed by atoms with Crippen molar-refractivity contribution in [2.24, 2.45) is 0 Å². The lowest BCUT2D eigenvalue weighted by Crippen LogP contribution is -2.39. The monoisotopic (exact) mass is 243 g/mol. The Kier molecular flexibility index (Phi) is 3.88. The van der Waals surface area contributed by atoms with Gasteiger partial charge in [-0.2, -0.15) is 8.78 Å². The zero-order chi connectivity index (χ0) is 13.1. The molecule has 0 fully saturated rings. The van der Waals surface area contributed by atoms with Crippen molar-refractivity contribution in [1.82, 2.24) is 4.98 Å². The number of esters is 1.